The highest BCUT2D eigenvalue weighted by atomic mass is 16.5. The summed E-state index contributed by atoms with van der Waals surface area (Å²) in [5.74, 6) is 3.55. The van der Waals surface area contributed by atoms with Gasteiger partial charge in [-0.2, -0.15) is 0 Å². The van der Waals surface area contributed by atoms with Crippen LogP contribution in [0.5, 0.6) is 0 Å². The lowest BCUT2D eigenvalue weighted by Crippen LogP contribution is -2.56. The van der Waals surface area contributed by atoms with Gasteiger partial charge in [0.25, 0.3) is 0 Å². The van der Waals surface area contributed by atoms with E-state index in [1.165, 1.54) is 32.1 Å². The summed E-state index contributed by atoms with van der Waals surface area (Å²) < 4.78 is 5.79. The Morgan fingerprint density at radius 3 is 2.24 bits per heavy atom. The molecule has 2 N–H and O–H groups in total. The van der Waals surface area contributed by atoms with Crippen molar-refractivity contribution in [2.75, 3.05) is 19.7 Å². The van der Waals surface area contributed by atoms with Gasteiger partial charge in [0.15, 0.2) is 0 Å². The molecule has 0 aromatic carbocycles. The Hall–Kier alpha value is -0.610. The number of rotatable bonds is 4. The number of carbonyl (C=O) groups excluding carboxylic acids is 1. The fourth-order valence-electron chi connectivity index (χ4n) is 5.54. The summed E-state index contributed by atoms with van der Waals surface area (Å²) in [6.07, 6.45) is 9.22. The lowest BCUT2D eigenvalue weighted by Gasteiger charge is -2.54. The van der Waals surface area contributed by atoms with Gasteiger partial charge in [-0.3, -0.25) is 4.79 Å². The zero-order valence-electron chi connectivity index (χ0n) is 12.9. The molecule has 0 aromatic heterocycles. The van der Waals surface area contributed by atoms with Gasteiger partial charge in [-0.1, -0.05) is 0 Å². The molecule has 4 aliphatic carbocycles. The zero-order chi connectivity index (χ0) is 14.2. The molecule has 0 spiro atoms. The molecule has 4 nitrogen and oxygen atoms in total. The molecule has 5 rings (SSSR count). The van der Waals surface area contributed by atoms with E-state index in [2.05, 4.69) is 10.6 Å². The van der Waals surface area contributed by atoms with Gasteiger partial charge in [-0.25, -0.2) is 0 Å². The van der Waals surface area contributed by atoms with Crippen molar-refractivity contribution >= 4 is 5.91 Å². The molecule has 0 unspecified atom stereocenters. The Labute approximate surface area is 127 Å². The van der Waals surface area contributed by atoms with Crippen LogP contribution in [-0.4, -0.2) is 37.7 Å². The summed E-state index contributed by atoms with van der Waals surface area (Å²) in [7, 11) is 0. The Morgan fingerprint density at radius 1 is 1.00 bits per heavy atom. The number of amides is 1. The number of ether oxygens (including phenoxy) is 1. The molecular weight excluding hydrogens is 264 g/mol. The molecule has 118 valence electrons. The lowest BCUT2D eigenvalue weighted by atomic mass is 9.54. The molecular formula is C17H28N2O2. The van der Waals surface area contributed by atoms with Crippen LogP contribution in [0.25, 0.3) is 0 Å². The SMILES string of the molecule is O=C(COC1CCNCC1)NC1C2CC3CC(C2)CC1C3. The second kappa shape index (κ2) is 5.88. The van der Waals surface area contributed by atoms with Crippen molar-refractivity contribution in [1.82, 2.24) is 10.6 Å². The number of nitrogens with one attached hydrogen (secondary N) is 2. The summed E-state index contributed by atoms with van der Waals surface area (Å²) in [5.41, 5.74) is 0. The van der Waals surface area contributed by atoms with Gasteiger partial charge >= 0.3 is 0 Å². The molecule has 4 saturated carbocycles. The topological polar surface area (TPSA) is 50.4 Å². The molecule has 4 heteroatoms. The van der Waals surface area contributed by atoms with E-state index in [-0.39, 0.29) is 18.6 Å². The summed E-state index contributed by atoms with van der Waals surface area (Å²) in [6, 6.07) is 0.446. The average Bonchev–Trinajstić information content (AvgIpc) is 2.49. The van der Waals surface area contributed by atoms with Gasteiger partial charge < -0.3 is 15.4 Å². The lowest BCUT2D eigenvalue weighted by molar-refractivity contribution is -0.132. The van der Waals surface area contributed by atoms with Crippen molar-refractivity contribution in [2.45, 2.75) is 57.1 Å². The van der Waals surface area contributed by atoms with E-state index in [9.17, 15) is 4.79 Å². The Kier molecular flexibility index (Phi) is 3.92. The van der Waals surface area contributed by atoms with Crippen LogP contribution in [-0.2, 0) is 9.53 Å². The van der Waals surface area contributed by atoms with Crippen molar-refractivity contribution in [3.05, 3.63) is 0 Å². The van der Waals surface area contributed by atoms with Gasteiger partial charge in [0.2, 0.25) is 5.91 Å². The number of carbonyl (C=O) groups is 1. The largest absolute Gasteiger partial charge is 0.368 e. The molecule has 0 atom stereocenters. The van der Waals surface area contributed by atoms with Crippen molar-refractivity contribution in [2.24, 2.45) is 23.7 Å². The van der Waals surface area contributed by atoms with E-state index in [0.29, 0.717) is 6.04 Å². The maximum absolute atomic E-state index is 12.2. The number of hydrogen-bond acceptors (Lipinski definition) is 3. The van der Waals surface area contributed by atoms with Crippen molar-refractivity contribution in [3.63, 3.8) is 0 Å². The van der Waals surface area contributed by atoms with Gasteiger partial charge in [-0.05, 0) is 81.7 Å². The molecule has 5 aliphatic rings. The quantitative estimate of drug-likeness (QED) is 0.829. The molecule has 21 heavy (non-hydrogen) atoms. The van der Waals surface area contributed by atoms with Crippen LogP contribution in [0.4, 0.5) is 0 Å². The monoisotopic (exact) mass is 292 g/mol. The third-order valence-corrected chi connectivity index (χ3v) is 6.29. The molecule has 4 bridgehead atoms. The van der Waals surface area contributed by atoms with E-state index >= 15 is 0 Å². The first-order valence-corrected chi connectivity index (χ1v) is 8.89. The van der Waals surface area contributed by atoms with Crippen LogP contribution in [0.15, 0.2) is 0 Å². The second-order valence-electron chi connectivity index (χ2n) is 7.78. The third-order valence-electron chi connectivity index (χ3n) is 6.29. The fourth-order valence-corrected chi connectivity index (χ4v) is 5.54. The van der Waals surface area contributed by atoms with Crippen LogP contribution in [0.2, 0.25) is 0 Å². The maximum atomic E-state index is 12.2. The van der Waals surface area contributed by atoms with Crippen molar-refractivity contribution in [1.29, 1.82) is 0 Å². The van der Waals surface area contributed by atoms with Crippen molar-refractivity contribution < 1.29 is 9.53 Å². The minimum absolute atomic E-state index is 0.117. The Balaban J connectivity index is 1.26. The smallest absolute Gasteiger partial charge is 0.246 e. The minimum Gasteiger partial charge on any atom is -0.368 e. The standard InChI is InChI=1S/C17H28N2O2/c20-16(10-21-15-1-3-18-4-2-15)19-17-13-6-11-5-12(8-13)9-14(17)7-11/h11-15,17-18H,1-10H2,(H,19,20). The number of hydrogen-bond donors (Lipinski definition) is 2. The first-order valence-electron chi connectivity index (χ1n) is 8.89. The molecule has 1 heterocycles. The first kappa shape index (κ1) is 14.0. The number of piperidine rings is 1. The van der Waals surface area contributed by atoms with Crippen LogP contribution in [0.3, 0.4) is 0 Å². The van der Waals surface area contributed by atoms with Crippen LogP contribution in [0.1, 0.15) is 44.9 Å². The van der Waals surface area contributed by atoms with Crippen LogP contribution >= 0.6 is 0 Å². The summed E-state index contributed by atoms with van der Waals surface area (Å²) >= 11 is 0. The first-order chi connectivity index (χ1) is 10.3. The molecule has 1 saturated heterocycles. The molecule has 1 amide bonds. The van der Waals surface area contributed by atoms with Gasteiger partial charge in [0.05, 0.1) is 6.10 Å². The van der Waals surface area contributed by atoms with Crippen LogP contribution in [0, 0.1) is 23.7 Å². The zero-order valence-corrected chi connectivity index (χ0v) is 12.9. The Bertz CT molecular complexity index is 364. The molecule has 1 aliphatic heterocycles. The second-order valence-corrected chi connectivity index (χ2v) is 7.78. The Morgan fingerprint density at radius 2 is 1.62 bits per heavy atom. The summed E-state index contributed by atoms with van der Waals surface area (Å²) in [4.78, 5) is 12.2. The molecule has 0 radical (unpaired) electrons. The predicted molar refractivity (Wildman–Crippen MR) is 80.8 cm³/mol. The van der Waals surface area contributed by atoms with Gasteiger partial charge in [0, 0.05) is 6.04 Å². The highest BCUT2D eigenvalue weighted by Gasteiger charge is 2.48. The highest BCUT2D eigenvalue weighted by molar-refractivity contribution is 5.77. The average molecular weight is 292 g/mol. The van der Waals surface area contributed by atoms with E-state index in [1.54, 1.807) is 0 Å². The third kappa shape index (κ3) is 2.98. The fraction of sp³-hybridized carbons (Fsp3) is 0.941. The van der Waals surface area contributed by atoms with E-state index < -0.39 is 0 Å². The maximum Gasteiger partial charge on any atom is 0.246 e. The van der Waals surface area contributed by atoms with Gasteiger partial charge in [-0.15, -0.1) is 0 Å². The minimum atomic E-state index is 0.117. The predicted octanol–water partition coefficient (Wildman–Crippen LogP) is 1.70. The van der Waals surface area contributed by atoms with E-state index in [1.807, 2.05) is 0 Å². The van der Waals surface area contributed by atoms with Crippen LogP contribution < -0.4 is 10.6 Å². The molecule has 0 aromatic rings. The molecule has 5 fully saturated rings. The van der Waals surface area contributed by atoms with Crippen molar-refractivity contribution in [3.8, 4) is 0 Å². The van der Waals surface area contributed by atoms with Gasteiger partial charge in [0.1, 0.15) is 6.61 Å². The highest BCUT2D eigenvalue weighted by Crippen LogP contribution is 2.53. The van der Waals surface area contributed by atoms with E-state index in [4.69, 9.17) is 4.74 Å². The normalized spacial score (nSPS) is 42.2. The van der Waals surface area contributed by atoms with E-state index in [0.717, 1.165) is 49.6 Å². The summed E-state index contributed by atoms with van der Waals surface area (Å²) in [5, 5.41) is 6.64. The summed E-state index contributed by atoms with van der Waals surface area (Å²) in [6.45, 7) is 2.29.